The van der Waals surface area contributed by atoms with Gasteiger partial charge in [0.15, 0.2) is 5.13 Å². The third-order valence-electron chi connectivity index (χ3n) is 6.12. The Labute approximate surface area is 199 Å². The number of hydrogen-bond acceptors (Lipinski definition) is 7. The van der Waals surface area contributed by atoms with Crippen molar-refractivity contribution >= 4 is 39.2 Å². The minimum Gasteiger partial charge on any atom is -0.489 e. The van der Waals surface area contributed by atoms with Crippen LogP contribution < -0.4 is 15.5 Å². The quantitative estimate of drug-likeness (QED) is 0.276. The van der Waals surface area contributed by atoms with Gasteiger partial charge < -0.3 is 10.1 Å². The van der Waals surface area contributed by atoms with Crippen LogP contribution >= 0.6 is 11.3 Å². The molecule has 0 unspecified atom stereocenters. The number of benzene rings is 2. The van der Waals surface area contributed by atoms with E-state index in [4.69, 9.17) is 9.94 Å². The fourth-order valence-electron chi connectivity index (χ4n) is 4.39. The van der Waals surface area contributed by atoms with Gasteiger partial charge in [-0.1, -0.05) is 30.3 Å². The number of nitrogens with zero attached hydrogens (tertiary/aromatic N) is 2. The number of rotatable bonds is 7. The van der Waals surface area contributed by atoms with Crippen LogP contribution in [0.15, 0.2) is 66.2 Å². The molecule has 1 fully saturated rings. The van der Waals surface area contributed by atoms with E-state index in [0.29, 0.717) is 23.1 Å². The molecule has 2 atom stereocenters. The third kappa shape index (κ3) is 4.00. The van der Waals surface area contributed by atoms with Gasteiger partial charge in [-0.25, -0.2) is 10.5 Å². The Bertz CT molecular complexity index is 1370. The minimum absolute atomic E-state index is 0.272. The first-order chi connectivity index (χ1) is 16.5. The number of thiazole rings is 1. The van der Waals surface area contributed by atoms with Crippen LogP contribution in [0, 0.1) is 12.8 Å². The number of aryl methyl sites for hydroxylation is 1. The van der Waals surface area contributed by atoms with Crippen LogP contribution in [-0.2, 0) is 21.6 Å². The molecular formula is C25H22N4O4S. The predicted molar refractivity (Wildman–Crippen MR) is 128 cm³/mol. The Morgan fingerprint density at radius 2 is 2.06 bits per heavy atom. The average molecular weight is 475 g/mol. The molecule has 2 aromatic carbocycles. The maximum absolute atomic E-state index is 13.2. The van der Waals surface area contributed by atoms with E-state index in [1.807, 2.05) is 43.3 Å². The molecule has 0 bridgehead atoms. The van der Waals surface area contributed by atoms with Gasteiger partial charge in [0.2, 0.25) is 11.8 Å². The minimum atomic E-state index is -1.11. The van der Waals surface area contributed by atoms with Crippen LogP contribution in [-0.4, -0.2) is 27.0 Å². The van der Waals surface area contributed by atoms with Crippen LogP contribution in [0.4, 0.5) is 5.13 Å². The highest BCUT2D eigenvalue weighted by molar-refractivity contribution is 7.13. The molecular weight excluding hydrogens is 452 g/mol. The molecule has 1 saturated carbocycles. The molecule has 3 N–H and O–H groups in total. The molecule has 0 spiro atoms. The van der Waals surface area contributed by atoms with Crippen LogP contribution in [0.1, 0.15) is 23.2 Å². The lowest BCUT2D eigenvalue weighted by Gasteiger charge is -2.18. The molecule has 0 aliphatic heterocycles. The van der Waals surface area contributed by atoms with Crippen LogP contribution in [0.25, 0.3) is 10.9 Å². The summed E-state index contributed by atoms with van der Waals surface area (Å²) in [6.45, 7) is 2.27. The van der Waals surface area contributed by atoms with E-state index in [1.54, 1.807) is 35.3 Å². The molecule has 2 aromatic heterocycles. The van der Waals surface area contributed by atoms with Gasteiger partial charge in [0.05, 0.1) is 16.8 Å². The van der Waals surface area contributed by atoms with Crippen molar-refractivity contribution in [3.8, 4) is 5.75 Å². The first-order valence-electron chi connectivity index (χ1n) is 10.7. The molecule has 0 radical (unpaired) electrons. The molecule has 9 heteroatoms. The van der Waals surface area contributed by atoms with Crippen molar-refractivity contribution in [2.75, 3.05) is 5.32 Å². The zero-order chi connectivity index (χ0) is 23.7. The third-order valence-corrected chi connectivity index (χ3v) is 6.81. The lowest BCUT2D eigenvalue weighted by molar-refractivity contribution is -0.132. The number of carbonyl (C=O) groups excluding carboxylic acids is 2. The summed E-state index contributed by atoms with van der Waals surface area (Å²) >= 11 is 1.29. The van der Waals surface area contributed by atoms with Gasteiger partial charge in [0, 0.05) is 28.2 Å². The summed E-state index contributed by atoms with van der Waals surface area (Å²) in [5.41, 5.74) is 4.02. The molecule has 172 valence electrons. The summed E-state index contributed by atoms with van der Waals surface area (Å²) in [6, 6.07) is 17.1. The molecule has 2 amide bonds. The number of ether oxygens (including phenoxy) is 1. The number of anilines is 1. The number of para-hydroxylation sites is 1. The average Bonchev–Trinajstić information content (AvgIpc) is 3.42. The molecule has 34 heavy (non-hydrogen) atoms. The Morgan fingerprint density at radius 1 is 1.21 bits per heavy atom. The summed E-state index contributed by atoms with van der Waals surface area (Å²) in [5, 5.41) is 15.2. The first kappa shape index (κ1) is 22.0. The topological polar surface area (TPSA) is 113 Å². The Balaban J connectivity index is 1.42. The molecule has 5 rings (SSSR count). The smallest absolute Gasteiger partial charge is 0.247 e. The van der Waals surface area contributed by atoms with E-state index < -0.39 is 17.2 Å². The second kappa shape index (κ2) is 8.85. The van der Waals surface area contributed by atoms with Crippen LogP contribution in [0.3, 0.4) is 0 Å². The van der Waals surface area contributed by atoms with E-state index in [0.717, 1.165) is 22.2 Å². The van der Waals surface area contributed by atoms with E-state index in [2.05, 4.69) is 15.3 Å². The number of aromatic nitrogens is 2. The molecule has 1 aliphatic carbocycles. The highest BCUT2D eigenvalue weighted by atomic mass is 32.1. The number of hydrogen-bond donors (Lipinski definition) is 3. The Kier molecular flexibility index (Phi) is 5.72. The number of carbonyl (C=O) groups is 2. The highest BCUT2D eigenvalue weighted by Crippen LogP contribution is 2.55. The van der Waals surface area contributed by atoms with Gasteiger partial charge in [-0.3, -0.25) is 19.8 Å². The molecule has 4 aromatic rings. The predicted octanol–water partition coefficient (Wildman–Crippen LogP) is 3.98. The normalized spacial score (nSPS) is 18.9. The molecule has 0 saturated heterocycles. The molecule has 8 nitrogen and oxygen atoms in total. The first-order valence-corrected chi connectivity index (χ1v) is 11.6. The van der Waals surface area contributed by atoms with Crippen LogP contribution in [0.5, 0.6) is 5.75 Å². The van der Waals surface area contributed by atoms with Gasteiger partial charge in [-0.05, 0) is 43.2 Å². The monoisotopic (exact) mass is 474 g/mol. The number of fused-ring (bicyclic) bond motifs is 1. The molecule has 2 heterocycles. The van der Waals surface area contributed by atoms with Gasteiger partial charge >= 0.3 is 0 Å². The zero-order valence-electron chi connectivity index (χ0n) is 18.3. The summed E-state index contributed by atoms with van der Waals surface area (Å²) < 4.78 is 6.11. The highest BCUT2D eigenvalue weighted by Gasteiger charge is 2.64. The van der Waals surface area contributed by atoms with Gasteiger partial charge in [-0.2, -0.15) is 0 Å². The summed E-state index contributed by atoms with van der Waals surface area (Å²) in [4.78, 5) is 34.1. The van der Waals surface area contributed by atoms with Crippen molar-refractivity contribution in [3.63, 3.8) is 0 Å². The van der Waals surface area contributed by atoms with Crippen LogP contribution in [0.2, 0.25) is 0 Å². The van der Waals surface area contributed by atoms with Gasteiger partial charge in [-0.15, -0.1) is 11.3 Å². The second-order valence-electron chi connectivity index (χ2n) is 8.25. The maximum Gasteiger partial charge on any atom is 0.247 e. The van der Waals surface area contributed by atoms with Crippen molar-refractivity contribution in [2.45, 2.75) is 25.4 Å². The van der Waals surface area contributed by atoms with Crippen molar-refractivity contribution < 1.29 is 19.5 Å². The second-order valence-corrected chi connectivity index (χ2v) is 9.15. The summed E-state index contributed by atoms with van der Waals surface area (Å²) in [6.07, 6.45) is 1.87. The van der Waals surface area contributed by atoms with E-state index in [-0.39, 0.29) is 12.3 Å². The van der Waals surface area contributed by atoms with Crippen molar-refractivity contribution in [3.05, 3.63) is 83.0 Å². The Hall–Kier alpha value is -3.82. The van der Waals surface area contributed by atoms with Gasteiger partial charge in [0.25, 0.3) is 0 Å². The van der Waals surface area contributed by atoms with E-state index in [1.165, 1.54) is 11.3 Å². The number of amides is 2. The fourth-order valence-corrected chi connectivity index (χ4v) is 4.92. The Morgan fingerprint density at radius 3 is 2.85 bits per heavy atom. The van der Waals surface area contributed by atoms with Crippen molar-refractivity contribution in [1.82, 2.24) is 15.4 Å². The largest absolute Gasteiger partial charge is 0.489 e. The van der Waals surface area contributed by atoms with Crippen molar-refractivity contribution in [1.29, 1.82) is 0 Å². The molecule has 1 aliphatic rings. The number of hydroxylamine groups is 1. The summed E-state index contributed by atoms with van der Waals surface area (Å²) in [7, 11) is 0. The maximum atomic E-state index is 13.2. The summed E-state index contributed by atoms with van der Waals surface area (Å²) in [5.74, 6) is -1.06. The van der Waals surface area contributed by atoms with E-state index in [9.17, 15) is 9.59 Å². The zero-order valence-corrected chi connectivity index (χ0v) is 19.1. The fraction of sp³-hybridized carbons (Fsp3) is 0.200. The number of nitrogens with one attached hydrogen (secondary N) is 2. The van der Waals surface area contributed by atoms with Gasteiger partial charge in [0.1, 0.15) is 12.4 Å². The van der Waals surface area contributed by atoms with Crippen molar-refractivity contribution in [2.24, 2.45) is 5.92 Å². The lowest BCUT2D eigenvalue weighted by atomic mass is 9.91. The number of pyridine rings is 1. The standard InChI is InChI=1S/C25H22N4O4S/c1-15-11-16(19-7-2-3-8-21(19)27-15)14-33-18-6-4-5-17(12-18)25(13-20(25)22(30)29-32)23(31)28-24-26-9-10-34-24/h2-12,20,32H,13-14H2,1H3,(H,29,30)(H,26,28,31)/t20-,25-/m0/s1. The lowest BCUT2D eigenvalue weighted by Crippen LogP contribution is -2.34. The van der Waals surface area contributed by atoms with E-state index >= 15 is 0 Å². The SMILES string of the molecule is Cc1cc(COc2cccc([C@@]3(C(=O)Nc4nccs4)C[C@H]3C(=O)NO)c2)c2ccccc2n1.